The third-order valence-corrected chi connectivity index (χ3v) is 3.65. The summed E-state index contributed by atoms with van der Waals surface area (Å²) >= 11 is 0. The Labute approximate surface area is 97.9 Å². The van der Waals surface area contributed by atoms with Crippen molar-refractivity contribution in [2.75, 3.05) is 26.2 Å². The van der Waals surface area contributed by atoms with Crippen LogP contribution in [0.3, 0.4) is 0 Å². The molecule has 1 rings (SSSR count). The van der Waals surface area contributed by atoms with Crippen molar-refractivity contribution in [3.8, 4) is 0 Å². The van der Waals surface area contributed by atoms with Gasteiger partial charge >= 0.3 is 0 Å². The van der Waals surface area contributed by atoms with Crippen LogP contribution in [0.4, 0.5) is 0 Å². The first-order valence-electron chi connectivity index (χ1n) is 6.05. The number of piperazine rings is 1. The average molecular weight is 228 g/mol. The summed E-state index contributed by atoms with van der Waals surface area (Å²) in [6.45, 7) is 10.6. The monoisotopic (exact) mass is 228 g/mol. The lowest BCUT2D eigenvalue weighted by Crippen LogP contribution is -2.54. The number of rotatable bonds is 4. The minimum Gasteiger partial charge on any atom is -0.409 e. The van der Waals surface area contributed by atoms with Crippen LogP contribution in [0.15, 0.2) is 5.16 Å². The van der Waals surface area contributed by atoms with Crippen molar-refractivity contribution in [1.29, 1.82) is 0 Å². The molecule has 1 heterocycles. The van der Waals surface area contributed by atoms with E-state index < -0.39 is 0 Å². The number of nitrogens with two attached hydrogens (primary N) is 1. The molecule has 0 aliphatic carbocycles. The molecule has 3 N–H and O–H groups in total. The van der Waals surface area contributed by atoms with Gasteiger partial charge in [-0.1, -0.05) is 12.1 Å². The molecule has 5 nitrogen and oxygen atoms in total. The Hall–Kier alpha value is -0.810. The summed E-state index contributed by atoms with van der Waals surface area (Å²) in [4.78, 5) is 4.75. The fourth-order valence-corrected chi connectivity index (χ4v) is 2.09. The molecule has 0 saturated carbocycles. The molecule has 0 bridgehead atoms. The van der Waals surface area contributed by atoms with Crippen LogP contribution in [-0.2, 0) is 0 Å². The Balaban J connectivity index is 2.43. The topological polar surface area (TPSA) is 65.1 Å². The number of amidine groups is 1. The van der Waals surface area contributed by atoms with Gasteiger partial charge in [-0.25, -0.2) is 0 Å². The first-order chi connectivity index (χ1) is 7.60. The maximum atomic E-state index is 8.64. The summed E-state index contributed by atoms with van der Waals surface area (Å²) in [5.41, 5.74) is 5.61. The van der Waals surface area contributed by atoms with E-state index in [9.17, 15) is 0 Å². The van der Waals surface area contributed by atoms with E-state index in [-0.39, 0.29) is 6.04 Å². The van der Waals surface area contributed by atoms with E-state index in [0.717, 1.165) is 26.2 Å². The highest BCUT2D eigenvalue weighted by molar-refractivity contribution is 5.84. The van der Waals surface area contributed by atoms with E-state index in [1.165, 1.54) is 6.42 Å². The highest BCUT2D eigenvalue weighted by Gasteiger charge is 2.24. The Morgan fingerprint density at radius 3 is 2.19 bits per heavy atom. The van der Waals surface area contributed by atoms with Crippen molar-refractivity contribution in [2.45, 2.75) is 39.3 Å². The van der Waals surface area contributed by atoms with Gasteiger partial charge in [-0.3, -0.25) is 9.80 Å². The van der Waals surface area contributed by atoms with Gasteiger partial charge in [0.25, 0.3) is 0 Å². The quantitative estimate of drug-likeness (QED) is 0.319. The summed E-state index contributed by atoms with van der Waals surface area (Å²) in [5, 5.41) is 11.7. The van der Waals surface area contributed by atoms with Gasteiger partial charge in [0, 0.05) is 32.2 Å². The molecule has 2 unspecified atom stereocenters. The number of nitrogens with zero attached hydrogens (tertiary/aromatic N) is 3. The van der Waals surface area contributed by atoms with Crippen LogP contribution in [0.2, 0.25) is 0 Å². The van der Waals surface area contributed by atoms with Gasteiger partial charge in [0.05, 0.1) is 6.04 Å². The Bertz CT molecular complexity index is 236. The van der Waals surface area contributed by atoms with Crippen molar-refractivity contribution in [2.24, 2.45) is 10.9 Å². The molecule has 0 aromatic heterocycles. The van der Waals surface area contributed by atoms with Crippen LogP contribution < -0.4 is 5.73 Å². The molecule has 5 heteroatoms. The molecule has 1 saturated heterocycles. The second kappa shape index (κ2) is 6.06. The van der Waals surface area contributed by atoms with Gasteiger partial charge in [-0.2, -0.15) is 0 Å². The molecule has 0 aromatic rings. The SMILES string of the molecule is CCC(C)N1CCN(C(C)C(N)=NO)CC1. The Morgan fingerprint density at radius 2 is 1.75 bits per heavy atom. The second-order valence-electron chi connectivity index (χ2n) is 4.53. The zero-order valence-electron chi connectivity index (χ0n) is 10.6. The van der Waals surface area contributed by atoms with Crippen LogP contribution in [0, 0.1) is 0 Å². The lowest BCUT2D eigenvalue weighted by molar-refractivity contribution is 0.0918. The molecule has 0 amide bonds. The molecule has 0 aromatic carbocycles. The summed E-state index contributed by atoms with van der Waals surface area (Å²) in [5.74, 6) is 0.303. The maximum absolute atomic E-state index is 8.64. The van der Waals surface area contributed by atoms with E-state index in [0.29, 0.717) is 11.9 Å². The molecule has 94 valence electrons. The second-order valence-corrected chi connectivity index (χ2v) is 4.53. The Kier molecular flexibility index (Phi) is 5.02. The van der Waals surface area contributed by atoms with Gasteiger partial charge < -0.3 is 10.9 Å². The summed E-state index contributed by atoms with van der Waals surface area (Å²) in [7, 11) is 0. The maximum Gasteiger partial charge on any atom is 0.156 e. The minimum atomic E-state index is 0.0316. The molecule has 0 radical (unpaired) electrons. The van der Waals surface area contributed by atoms with Gasteiger partial charge in [-0.15, -0.1) is 0 Å². The van der Waals surface area contributed by atoms with E-state index in [4.69, 9.17) is 10.9 Å². The van der Waals surface area contributed by atoms with E-state index in [1.54, 1.807) is 0 Å². The largest absolute Gasteiger partial charge is 0.409 e. The summed E-state index contributed by atoms with van der Waals surface area (Å²) in [6.07, 6.45) is 1.19. The summed E-state index contributed by atoms with van der Waals surface area (Å²) < 4.78 is 0. The standard InChI is InChI=1S/C11H24N4O/c1-4-9(2)14-5-7-15(8-6-14)10(3)11(12)13-16/h9-10,16H,4-8H2,1-3H3,(H2,12,13). The average Bonchev–Trinajstić information content (AvgIpc) is 2.36. The fourth-order valence-electron chi connectivity index (χ4n) is 2.09. The van der Waals surface area contributed by atoms with E-state index >= 15 is 0 Å². The molecule has 1 fully saturated rings. The lowest BCUT2D eigenvalue weighted by atomic mass is 10.1. The molecular formula is C11H24N4O. The number of hydrogen-bond donors (Lipinski definition) is 2. The van der Waals surface area contributed by atoms with Crippen LogP contribution in [0.25, 0.3) is 0 Å². The van der Waals surface area contributed by atoms with Crippen molar-refractivity contribution in [3.63, 3.8) is 0 Å². The molecule has 0 spiro atoms. The van der Waals surface area contributed by atoms with Crippen molar-refractivity contribution in [3.05, 3.63) is 0 Å². The highest BCUT2D eigenvalue weighted by atomic mass is 16.4. The number of hydrogen-bond acceptors (Lipinski definition) is 4. The third-order valence-electron chi connectivity index (χ3n) is 3.65. The minimum absolute atomic E-state index is 0.0316. The zero-order chi connectivity index (χ0) is 12.1. The normalized spacial score (nSPS) is 24.3. The summed E-state index contributed by atoms with van der Waals surface area (Å²) in [6, 6.07) is 0.686. The fraction of sp³-hybridized carbons (Fsp3) is 0.909. The smallest absolute Gasteiger partial charge is 0.156 e. The first-order valence-corrected chi connectivity index (χ1v) is 6.05. The molecule has 1 aliphatic heterocycles. The molecule has 2 atom stereocenters. The van der Waals surface area contributed by atoms with Crippen LogP contribution >= 0.6 is 0 Å². The van der Waals surface area contributed by atoms with E-state index in [2.05, 4.69) is 28.8 Å². The van der Waals surface area contributed by atoms with Crippen LogP contribution in [-0.4, -0.2) is 59.1 Å². The van der Waals surface area contributed by atoms with Crippen molar-refractivity contribution in [1.82, 2.24) is 9.80 Å². The van der Waals surface area contributed by atoms with E-state index in [1.807, 2.05) is 6.92 Å². The number of oxime groups is 1. The van der Waals surface area contributed by atoms with Gasteiger partial charge in [0.2, 0.25) is 0 Å². The highest BCUT2D eigenvalue weighted by Crippen LogP contribution is 2.11. The van der Waals surface area contributed by atoms with Crippen LogP contribution in [0.5, 0.6) is 0 Å². The van der Waals surface area contributed by atoms with Gasteiger partial charge in [0.1, 0.15) is 0 Å². The molecule has 16 heavy (non-hydrogen) atoms. The zero-order valence-corrected chi connectivity index (χ0v) is 10.6. The Morgan fingerprint density at radius 1 is 1.25 bits per heavy atom. The predicted octanol–water partition coefficient (Wildman–Crippen LogP) is 0.537. The third kappa shape index (κ3) is 3.09. The lowest BCUT2D eigenvalue weighted by Gasteiger charge is -2.40. The molecular weight excluding hydrogens is 204 g/mol. The predicted molar refractivity (Wildman–Crippen MR) is 65.8 cm³/mol. The van der Waals surface area contributed by atoms with Crippen molar-refractivity contribution < 1.29 is 5.21 Å². The van der Waals surface area contributed by atoms with Gasteiger partial charge in [-0.05, 0) is 20.3 Å². The first kappa shape index (κ1) is 13.3. The molecule has 1 aliphatic rings. The van der Waals surface area contributed by atoms with Crippen molar-refractivity contribution >= 4 is 5.84 Å². The van der Waals surface area contributed by atoms with Crippen LogP contribution in [0.1, 0.15) is 27.2 Å². The van der Waals surface area contributed by atoms with Gasteiger partial charge in [0.15, 0.2) is 5.84 Å².